The summed E-state index contributed by atoms with van der Waals surface area (Å²) in [6, 6.07) is 0. The minimum atomic E-state index is -0.121. The molecule has 0 unspecified atom stereocenters. The van der Waals surface area contributed by atoms with Crippen LogP contribution >= 0.6 is 0 Å². The number of carbonyl (C=O) groups is 2. The molecule has 0 aromatic heterocycles. The first-order valence-electron chi connectivity index (χ1n) is 2.37. The van der Waals surface area contributed by atoms with E-state index in [2.05, 4.69) is 0 Å². The van der Waals surface area contributed by atoms with E-state index in [9.17, 15) is 9.59 Å². The monoisotopic (exact) mass is 146 g/mol. The summed E-state index contributed by atoms with van der Waals surface area (Å²) >= 11 is 0. The zero-order valence-electron chi connectivity index (χ0n) is 4.88. The molecule has 0 saturated heterocycles. The van der Waals surface area contributed by atoms with Crippen molar-refractivity contribution in [3.05, 3.63) is 24.3 Å². The van der Waals surface area contributed by atoms with Crippen LogP contribution in [0.15, 0.2) is 24.3 Å². The minimum absolute atomic E-state index is 0.121. The Labute approximate surface area is 55.7 Å². The van der Waals surface area contributed by atoms with Crippen LogP contribution in [0.2, 0.25) is 0 Å². The second-order valence-electron chi connectivity index (χ2n) is 1.47. The van der Waals surface area contributed by atoms with Crippen LogP contribution in [0.4, 0.5) is 9.15 Å². The van der Waals surface area contributed by atoms with Crippen LogP contribution in [0.3, 0.4) is 0 Å². The van der Waals surface area contributed by atoms with Crippen LogP contribution in [0.1, 0.15) is 0 Å². The average Bonchev–Trinajstić information content (AvgIpc) is 2.00. The predicted molar refractivity (Wildman–Crippen MR) is 30.5 cm³/mol. The van der Waals surface area contributed by atoms with Gasteiger partial charge in [-0.05, 0) is 24.3 Å². The molecule has 0 saturated carbocycles. The lowest BCUT2D eigenvalue weighted by molar-refractivity contribution is -0.113. The van der Waals surface area contributed by atoms with Gasteiger partial charge in [0.15, 0.2) is 11.6 Å². The molecule has 0 radical (unpaired) electrons. The van der Waals surface area contributed by atoms with Crippen molar-refractivity contribution in [1.29, 1.82) is 0 Å². The molecule has 0 N–H and O–H groups in total. The number of rotatable bonds is 0. The van der Waals surface area contributed by atoms with Crippen molar-refractivity contribution < 1.29 is 18.7 Å². The first kappa shape index (κ1) is 8.68. The van der Waals surface area contributed by atoms with Crippen LogP contribution in [0.5, 0.6) is 0 Å². The largest absolute Gasteiger partial charge is 0.290 e. The molecular weight excluding hydrogens is 142 g/mol. The van der Waals surface area contributed by atoms with E-state index in [4.69, 9.17) is 9.15 Å². The molecule has 0 aliphatic heterocycles. The lowest BCUT2D eigenvalue weighted by Crippen LogP contribution is -1.97. The number of ketones is 2. The standard InChI is InChI=1S/C6H4O2.F2/c7-5-1-2-6(8)4-3-5;1-2/h1-4H;. The summed E-state index contributed by atoms with van der Waals surface area (Å²) in [5, 5.41) is 0. The maximum absolute atomic E-state index is 10.3. The first-order chi connectivity index (χ1) is 4.79. The van der Waals surface area contributed by atoms with E-state index in [-0.39, 0.29) is 11.6 Å². The molecule has 10 heavy (non-hydrogen) atoms. The lowest BCUT2D eigenvalue weighted by atomic mass is 10.2. The van der Waals surface area contributed by atoms with Gasteiger partial charge in [0.25, 0.3) is 0 Å². The highest BCUT2D eigenvalue weighted by atomic mass is 20.0. The first-order valence-corrected chi connectivity index (χ1v) is 2.37. The zero-order valence-corrected chi connectivity index (χ0v) is 4.88. The van der Waals surface area contributed by atoms with Gasteiger partial charge in [0, 0.05) is 9.15 Å². The van der Waals surface area contributed by atoms with Crippen LogP contribution in [-0.2, 0) is 9.59 Å². The van der Waals surface area contributed by atoms with Crippen LogP contribution in [0.25, 0.3) is 0 Å². The molecule has 0 atom stereocenters. The SMILES string of the molecule is FF.O=C1C=CC(=O)C=C1. The van der Waals surface area contributed by atoms with Crippen LogP contribution < -0.4 is 0 Å². The Morgan fingerprint density at radius 3 is 1.20 bits per heavy atom. The third-order valence-corrected chi connectivity index (χ3v) is 0.824. The molecule has 0 spiro atoms. The van der Waals surface area contributed by atoms with Gasteiger partial charge in [-0.25, -0.2) is 0 Å². The fourth-order valence-electron chi connectivity index (χ4n) is 0.440. The fourth-order valence-corrected chi connectivity index (χ4v) is 0.440. The number of halogens is 2. The van der Waals surface area contributed by atoms with E-state index in [0.29, 0.717) is 0 Å². The Hall–Kier alpha value is -1.32. The third kappa shape index (κ3) is 2.86. The Morgan fingerprint density at radius 1 is 0.800 bits per heavy atom. The van der Waals surface area contributed by atoms with E-state index in [1.807, 2.05) is 0 Å². The van der Waals surface area contributed by atoms with E-state index < -0.39 is 0 Å². The highest BCUT2D eigenvalue weighted by Crippen LogP contribution is 1.90. The molecule has 1 rings (SSSR count). The van der Waals surface area contributed by atoms with Gasteiger partial charge in [0.1, 0.15) is 0 Å². The van der Waals surface area contributed by atoms with Crippen molar-refractivity contribution in [1.82, 2.24) is 0 Å². The molecule has 0 aromatic carbocycles. The number of hydrogen-bond donors (Lipinski definition) is 0. The van der Waals surface area contributed by atoms with Gasteiger partial charge in [-0.2, -0.15) is 0 Å². The normalized spacial score (nSPS) is 14.6. The van der Waals surface area contributed by atoms with Gasteiger partial charge in [0.05, 0.1) is 0 Å². The Balaban J connectivity index is 0.000000371. The third-order valence-electron chi connectivity index (χ3n) is 0.824. The Kier molecular flexibility index (Phi) is 3.95. The summed E-state index contributed by atoms with van der Waals surface area (Å²) in [6.45, 7) is 0. The van der Waals surface area contributed by atoms with Crippen molar-refractivity contribution in [2.24, 2.45) is 0 Å². The summed E-state index contributed by atoms with van der Waals surface area (Å²) in [4.78, 5) is 20.6. The van der Waals surface area contributed by atoms with Crippen molar-refractivity contribution in [2.45, 2.75) is 0 Å². The summed E-state index contributed by atoms with van der Waals surface area (Å²) in [7, 11) is 0. The predicted octanol–water partition coefficient (Wildman–Crippen LogP) is 1.09. The summed E-state index contributed by atoms with van der Waals surface area (Å²) in [5.74, 6) is -0.241. The zero-order chi connectivity index (χ0) is 7.98. The summed E-state index contributed by atoms with van der Waals surface area (Å²) < 4.78 is 16.0. The van der Waals surface area contributed by atoms with Gasteiger partial charge in [-0.15, -0.1) is 0 Å². The number of allylic oxidation sites excluding steroid dienone is 4. The molecule has 54 valence electrons. The molecule has 0 bridgehead atoms. The molecule has 0 fully saturated rings. The second-order valence-corrected chi connectivity index (χ2v) is 1.47. The molecule has 0 aromatic rings. The van der Waals surface area contributed by atoms with Gasteiger partial charge in [-0.1, -0.05) is 0 Å². The van der Waals surface area contributed by atoms with Crippen molar-refractivity contribution in [3.63, 3.8) is 0 Å². The molecule has 1 aliphatic carbocycles. The minimum Gasteiger partial charge on any atom is -0.290 e. The average molecular weight is 146 g/mol. The second kappa shape index (κ2) is 4.55. The summed E-state index contributed by atoms with van der Waals surface area (Å²) in [5.41, 5.74) is 0. The maximum atomic E-state index is 10.3. The van der Waals surface area contributed by atoms with Gasteiger partial charge in [0.2, 0.25) is 0 Å². The van der Waals surface area contributed by atoms with E-state index in [1.54, 1.807) is 0 Å². The molecular formula is C6H4F2O2. The number of hydrogen-bond acceptors (Lipinski definition) is 2. The van der Waals surface area contributed by atoms with Gasteiger partial charge < -0.3 is 0 Å². The topological polar surface area (TPSA) is 34.1 Å². The highest BCUT2D eigenvalue weighted by Gasteiger charge is 1.97. The smallest absolute Gasteiger partial charge is 0.178 e. The van der Waals surface area contributed by atoms with Gasteiger partial charge in [-0.3, -0.25) is 9.59 Å². The van der Waals surface area contributed by atoms with E-state index >= 15 is 0 Å². The Morgan fingerprint density at radius 2 is 1.00 bits per heavy atom. The molecule has 0 amide bonds. The van der Waals surface area contributed by atoms with Crippen LogP contribution in [-0.4, -0.2) is 11.6 Å². The molecule has 1 aliphatic rings. The van der Waals surface area contributed by atoms with Crippen LogP contribution in [0, 0.1) is 0 Å². The Bertz CT molecular complexity index is 156. The van der Waals surface area contributed by atoms with Gasteiger partial charge >= 0.3 is 0 Å². The van der Waals surface area contributed by atoms with Crippen molar-refractivity contribution in [3.8, 4) is 0 Å². The summed E-state index contributed by atoms with van der Waals surface area (Å²) in [6.07, 6.45) is 5.01. The van der Waals surface area contributed by atoms with Crippen molar-refractivity contribution >= 4 is 11.6 Å². The molecule has 4 heteroatoms. The van der Waals surface area contributed by atoms with E-state index in [0.717, 1.165) is 0 Å². The maximum Gasteiger partial charge on any atom is 0.178 e. The lowest BCUT2D eigenvalue weighted by Gasteiger charge is -1.87. The van der Waals surface area contributed by atoms with Crippen molar-refractivity contribution in [2.75, 3.05) is 0 Å². The number of carbonyl (C=O) groups excluding carboxylic acids is 2. The highest BCUT2D eigenvalue weighted by molar-refractivity contribution is 6.14. The van der Waals surface area contributed by atoms with E-state index in [1.165, 1.54) is 24.3 Å². The fraction of sp³-hybridized carbons (Fsp3) is 0. The quantitative estimate of drug-likeness (QED) is 0.479. The molecule has 2 nitrogen and oxygen atoms in total. The molecule has 0 heterocycles.